The molecule has 6 heteroatoms. The zero-order valence-corrected chi connectivity index (χ0v) is 18.7. The molecule has 1 unspecified atom stereocenters. The molecule has 6 nitrogen and oxygen atoms in total. The zero-order chi connectivity index (χ0) is 22.6. The second-order valence-electron chi connectivity index (χ2n) is 7.93. The molecular formula is C24H34O6. The summed E-state index contributed by atoms with van der Waals surface area (Å²) in [5, 5.41) is 0. The summed E-state index contributed by atoms with van der Waals surface area (Å²) in [7, 11) is 1.58. The number of benzene rings is 1. The Morgan fingerprint density at radius 3 is 2.47 bits per heavy atom. The van der Waals surface area contributed by atoms with Crippen molar-refractivity contribution in [1.82, 2.24) is 0 Å². The molecule has 1 atom stereocenters. The minimum atomic E-state index is -0.523. The van der Waals surface area contributed by atoms with Crippen LogP contribution in [0.15, 0.2) is 36.9 Å². The molecule has 0 aliphatic heterocycles. The van der Waals surface area contributed by atoms with E-state index in [-0.39, 0.29) is 12.1 Å². The van der Waals surface area contributed by atoms with Crippen LogP contribution in [0.1, 0.15) is 58.9 Å². The zero-order valence-electron chi connectivity index (χ0n) is 18.7. The van der Waals surface area contributed by atoms with Crippen LogP contribution in [0.3, 0.4) is 0 Å². The number of unbranched alkanes of at least 4 members (excludes halogenated alkanes) is 2. The van der Waals surface area contributed by atoms with Crippen LogP contribution in [-0.4, -0.2) is 37.4 Å². The fraction of sp³-hybridized carbons (Fsp3) is 0.500. The van der Waals surface area contributed by atoms with Gasteiger partial charge in [0.2, 0.25) is 0 Å². The third kappa shape index (κ3) is 10.7. The predicted octanol–water partition coefficient (Wildman–Crippen LogP) is 5.11. The monoisotopic (exact) mass is 418 g/mol. The Kier molecular flexibility index (Phi) is 10.7. The van der Waals surface area contributed by atoms with Gasteiger partial charge in [-0.15, -0.1) is 0 Å². The number of esters is 2. The molecule has 0 radical (unpaired) electrons. The molecule has 0 bridgehead atoms. The van der Waals surface area contributed by atoms with E-state index in [0.29, 0.717) is 18.1 Å². The van der Waals surface area contributed by atoms with Gasteiger partial charge in [0.25, 0.3) is 0 Å². The summed E-state index contributed by atoms with van der Waals surface area (Å²) in [6.07, 6.45) is 7.74. The highest BCUT2D eigenvalue weighted by atomic mass is 16.6. The molecule has 0 fully saturated rings. The van der Waals surface area contributed by atoms with Crippen molar-refractivity contribution >= 4 is 18.0 Å². The van der Waals surface area contributed by atoms with Crippen LogP contribution in [0, 0.1) is 0 Å². The number of carbonyl (C=O) groups is 2. The molecule has 1 aromatic carbocycles. The highest BCUT2D eigenvalue weighted by Crippen LogP contribution is 2.29. The van der Waals surface area contributed by atoms with Crippen molar-refractivity contribution in [2.75, 3.05) is 13.7 Å². The molecule has 1 rings (SSSR count). The molecule has 166 valence electrons. The van der Waals surface area contributed by atoms with Crippen molar-refractivity contribution in [3.8, 4) is 11.5 Å². The van der Waals surface area contributed by atoms with Gasteiger partial charge in [0, 0.05) is 12.2 Å². The highest BCUT2D eigenvalue weighted by Gasteiger charge is 2.14. The van der Waals surface area contributed by atoms with E-state index in [0.717, 1.165) is 31.2 Å². The topological polar surface area (TPSA) is 71.1 Å². The Bertz CT molecular complexity index is 730. The van der Waals surface area contributed by atoms with E-state index in [4.69, 9.17) is 18.9 Å². The van der Waals surface area contributed by atoms with Crippen molar-refractivity contribution in [2.24, 2.45) is 0 Å². The van der Waals surface area contributed by atoms with Crippen LogP contribution in [0.25, 0.3) is 6.08 Å². The lowest BCUT2D eigenvalue weighted by Crippen LogP contribution is -2.22. The van der Waals surface area contributed by atoms with Crippen molar-refractivity contribution < 1.29 is 28.5 Å². The smallest absolute Gasteiger partial charge is 0.331 e. The van der Waals surface area contributed by atoms with Gasteiger partial charge >= 0.3 is 11.9 Å². The van der Waals surface area contributed by atoms with Crippen molar-refractivity contribution in [2.45, 2.75) is 65.1 Å². The molecule has 0 saturated carbocycles. The lowest BCUT2D eigenvalue weighted by atomic mass is 10.1. The predicted molar refractivity (Wildman–Crippen MR) is 118 cm³/mol. The second-order valence-corrected chi connectivity index (χ2v) is 7.93. The highest BCUT2D eigenvalue weighted by molar-refractivity contribution is 5.87. The van der Waals surface area contributed by atoms with E-state index in [1.54, 1.807) is 13.2 Å². The maximum atomic E-state index is 11.8. The Morgan fingerprint density at radius 1 is 1.10 bits per heavy atom. The lowest BCUT2D eigenvalue weighted by molar-refractivity contribution is -0.148. The number of hydrogen-bond donors (Lipinski definition) is 0. The molecule has 0 aromatic heterocycles. The molecule has 0 amide bonds. The maximum Gasteiger partial charge on any atom is 0.331 e. The third-order valence-corrected chi connectivity index (χ3v) is 4.00. The number of ether oxygens (including phenoxy) is 4. The number of hydrogen-bond acceptors (Lipinski definition) is 6. The van der Waals surface area contributed by atoms with E-state index in [1.165, 1.54) is 12.2 Å². The van der Waals surface area contributed by atoms with Crippen molar-refractivity contribution in [3.63, 3.8) is 0 Å². The molecular weight excluding hydrogens is 384 g/mol. The summed E-state index contributed by atoms with van der Waals surface area (Å²) in [6, 6.07) is 5.49. The van der Waals surface area contributed by atoms with Gasteiger partial charge in [-0.3, -0.25) is 0 Å². The van der Waals surface area contributed by atoms with E-state index in [2.05, 4.69) is 6.58 Å². The first-order valence-electron chi connectivity index (χ1n) is 10.2. The Labute approximate surface area is 179 Å². The SMILES string of the molecule is C=CC(=O)OC(C)CCCCCOc1ccc(C=CC(=O)OC(C)(C)C)cc1OC. The van der Waals surface area contributed by atoms with Gasteiger partial charge in [-0.05, 0) is 77.2 Å². The van der Waals surface area contributed by atoms with Crippen LogP contribution in [-0.2, 0) is 19.1 Å². The van der Waals surface area contributed by atoms with Gasteiger partial charge in [-0.2, -0.15) is 0 Å². The summed E-state index contributed by atoms with van der Waals surface area (Å²) in [4.78, 5) is 22.9. The first-order valence-corrected chi connectivity index (χ1v) is 10.2. The summed E-state index contributed by atoms with van der Waals surface area (Å²) < 4.78 is 21.6. The van der Waals surface area contributed by atoms with Gasteiger partial charge in [0.05, 0.1) is 19.8 Å². The van der Waals surface area contributed by atoms with E-state index in [1.807, 2.05) is 45.9 Å². The first kappa shape index (κ1) is 25.3. The third-order valence-electron chi connectivity index (χ3n) is 4.00. The summed E-state index contributed by atoms with van der Waals surface area (Å²) in [5.74, 6) is 0.476. The Hall–Kier alpha value is -2.76. The maximum absolute atomic E-state index is 11.8. The van der Waals surface area contributed by atoms with Crippen LogP contribution in [0.4, 0.5) is 0 Å². The number of carbonyl (C=O) groups excluding carboxylic acids is 2. The normalized spacial score (nSPS) is 12.3. The molecule has 0 saturated heterocycles. The number of rotatable bonds is 12. The quantitative estimate of drug-likeness (QED) is 0.267. The van der Waals surface area contributed by atoms with Crippen LogP contribution >= 0.6 is 0 Å². The van der Waals surface area contributed by atoms with Gasteiger partial charge < -0.3 is 18.9 Å². The molecule has 0 spiro atoms. The largest absolute Gasteiger partial charge is 0.493 e. The van der Waals surface area contributed by atoms with Gasteiger partial charge in [0.15, 0.2) is 11.5 Å². The molecule has 0 N–H and O–H groups in total. The van der Waals surface area contributed by atoms with E-state index >= 15 is 0 Å². The summed E-state index contributed by atoms with van der Waals surface area (Å²) in [6.45, 7) is 11.3. The van der Waals surface area contributed by atoms with E-state index in [9.17, 15) is 9.59 Å². The van der Waals surface area contributed by atoms with Crippen LogP contribution in [0.2, 0.25) is 0 Å². The standard InChI is InChI=1S/C24H34O6/c1-7-22(25)29-18(2)11-9-8-10-16-28-20-14-12-19(17-21(20)27-6)13-15-23(26)30-24(3,4)5/h7,12-15,17-18H,1,8-11,16H2,2-6H3. The molecule has 30 heavy (non-hydrogen) atoms. The fourth-order valence-corrected chi connectivity index (χ4v) is 2.61. The summed E-state index contributed by atoms with van der Waals surface area (Å²) >= 11 is 0. The first-order chi connectivity index (χ1) is 14.1. The van der Waals surface area contributed by atoms with Gasteiger partial charge in [-0.25, -0.2) is 9.59 Å². The van der Waals surface area contributed by atoms with Gasteiger partial charge in [0.1, 0.15) is 5.60 Å². The van der Waals surface area contributed by atoms with Crippen LogP contribution in [0.5, 0.6) is 11.5 Å². The van der Waals surface area contributed by atoms with Crippen molar-refractivity contribution in [3.05, 3.63) is 42.5 Å². The fourth-order valence-electron chi connectivity index (χ4n) is 2.61. The molecule has 1 aromatic rings. The van der Waals surface area contributed by atoms with Gasteiger partial charge in [-0.1, -0.05) is 12.6 Å². The van der Waals surface area contributed by atoms with Crippen LogP contribution < -0.4 is 9.47 Å². The Balaban J connectivity index is 2.44. The minimum absolute atomic E-state index is 0.113. The molecule has 0 aliphatic carbocycles. The summed E-state index contributed by atoms with van der Waals surface area (Å²) in [5.41, 5.74) is 0.290. The minimum Gasteiger partial charge on any atom is -0.493 e. The lowest BCUT2D eigenvalue weighted by Gasteiger charge is -2.17. The molecule has 0 heterocycles. The number of methoxy groups -OCH3 is 1. The van der Waals surface area contributed by atoms with E-state index < -0.39 is 11.6 Å². The molecule has 0 aliphatic rings. The average molecular weight is 419 g/mol. The van der Waals surface area contributed by atoms with Crippen molar-refractivity contribution in [1.29, 1.82) is 0 Å². The second kappa shape index (κ2) is 12.7. The Morgan fingerprint density at radius 2 is 1.83 bits per heavy atom. The average Bonchev–Trinajstić information content (AvgIpc) is 2.67.